The van der Waals surface area contributed by atoms with Crippen molar-refractivity contribution >= 4 is 34.1 Å². The summed E-state index contributed by atoms with van der Waals surface area (Å²) in [6, 6.07) is 15.9. The third-order valence-electron chi connectivity index (χ3n) is 4.33. The van der Waals surface area contributed by atoms with Crippen molar-refractivity contribution in [1.29, 1.82) is 5.26 Å². The van der Waals surface area contributed by atoms with Crippen LogP contribution in [0.15, 0.2) is 42.5 Å². The Morgan fingerprint density at radius 1 is 1.24 bits per heavy atom. The van der Waals surface area contributed by atoms with Gasteiger partial charge in [-0.15, -0.1) is 11.6 Å². The fraction of sp³-hybridized carbons (Fsp3) is 0.250. The number of benzene rings is 2. The molecule has 5 heteroatoms. The number of nitrogens with two attached hydrogens (primary N) is 1. The number of anilines is 2. The molecule has 2 aromatic rings. The molecule has 0 saturated heterocycles. The molecule has 0 aromatic heterocycles. The van der Waals surface area contributed by atoms with Crippen molar-refractivity contribution in [3.8, 4) is 11.8 Å². The Kier molecular flexibility index (Phi) is 5.16. The Labute approximate surface area is 153 Å². The zero-order valence-corrected chi connectivity index (χ0v) is 14.9. The molecule has 2 aromatic carbocycles. The summed E-state index contributed by atoms with van der Waals surface area (Å²) in [6.07, 6.45) is 0. The molecular formula is C20H20ClN3O. The lowest BCUT2D eigenvalue weighted by atomic mass is 9.90. The number of ether oxygens (including phenoxy) is 1. The van der Waals surface area contributed by atoms with E-state index in [-0.39, 0.29) is 0 Å². The number of nitriles is 1. The van der Waals surface area contributed by atoms with Gasteiger partial charge in [0.05, 0.1) is 11.5 Å². The smallest absolute Gasteiger partial charge is 0.121 e. The minimum absolute atomic E-state index is 0.444. The quantitative estimate of drug-likeness (QED) is 0.647. The molecule has 0 bridgehead atoms. The van der Waals surface area contributed by atoms with Crippen LogP contribution in [0.1, 0.15) is 18.1 Å². The largest absolute Gasteiger partial charge is 0.492 e. The first-order chi connectivity index (χ1) is 12.2. The predicted molar refractivity (Wildman–Crippen MR) is 104 cm³/mol. The Morgan fingerprint density at radius 3 is 2.64 bits per heavy atom. The monoisotopic (exact) mass is 353 g/mol. The summed E-state index contributed by atoms with van der Waals surface area (Å²) in [5.74, 6) is 1.21. The lowest BCUT2D eigenvalue weighted by Crippen LogP contribution is -2.29. The molecule has 0 saturated carbocycles. The average Bonchev–Trinajstić information content (AvgIpc) is 2.65. The second-order valence-corrected chi connectivity index (χ2v) is 6.20. The molecule has 4 nitrogen and oxygen atoms in total. The lowest BCUT2D eigenvalue weighted by Gasteiger charge is -2.32. The van der Waals surface area contributed by atoms with E-state index in [0.29, 0.717) is 30.3 Å². The van der Waals surface area contributed by atoms with Crippen LogP contribution in [0.5, 0.6) is 5.75 Å². The molecule has 25 heavy (non-hydrogen) atoms. The SMILES string of the molecule is CCN1CC(c2ccc(N)cc2)=C(C#N)c2ccc(OCCCl)cc21. The van der Waals surface area contributed by atoms with E-state index in [1.807, 2.05) is 42.5 Å². The summed E-state index contributed by atoms with van der Waals surface area (Å²) in [4.78, 5) is 2.25. The highest BCUT2D eigenvalue weighted by atomic mass is 35.5. The average molecular weight is 354 g/mol. The molecular weight excluding hydrogens is 334 g/mol. The zero-order chi connectivity index (χ0) is 17.8. The van der Waals surface area contributed by atoms with Gasteiger partial charge in [0.1, 0.15) is 18.4 Å². The minimum atomic E-state index is 0.444. The van der Waals surface area contributed by atoms with E-state index >= 15 is 0 Å². The number of fused-ring (bicyclic) bond motifs is 1. The first-order valence-electron chi connectivity index (χ1n) is 8.25. The van der Waals surface area contributed by atoms with E-state index in [1.54, 1.807) is 0 Å². The molecule has 0 aliphatic carbocycles. The summed E-state index contributed by atoms with van der Waals surface area (Å²) < 4.78 is 5.64. The number of nitrogen functional groups attached to an aromatic ring is 1. The normalized spacial score (nSPS) is 13.4. The van der Waals surface area contributed by atoms with E-state index in [2.05, 4.69) is 17.9 Å². The molecule has 128 valence electrons. The minimum Gasteiger partial charge on any atom is -0.492 e. The number of rotatable bonds is 5. The highest BCUT2D eigenvalue weighted by Gasteiger charge is 2.25. The molecule has 0 amide bonds. The molecule has 0 atom stereocenters. The number of hydrogen-bond acceptors (Lipinski definition) is 4. The van der Waals surface area contributed by atoms with Gasteiger partial charge >= 0.3 is 0 Å². The molecule has 0 spiro atoms. The summed E-state index contributed by atoms with van der Waals surface area (Å²) in [5, 5.41) is 9.79. The molecule has 0 fully saturated rings. The fourth-order valence-electron chi connectivity index (χ4n) is 3.08. The van der Waals surface area contributed by atoms with Gasteiger partial charge in [0.2, 0.25) is 0 Å². The van der Waals surface area contributed by atoms with E-state index in [0.717, 1.165) is 34.7 Å². The Bertz CT molecular complexity index is 837. The van der Waals surface area contributed by atoms with Crippen molar-refractivity contribution < 1.29 is 4.74 Å². The Morgan fingerprint density at radius 2 is 2.00 bits per heavy atom. The van der Waals surface area contributed by atoms with Crippen LogP contribution < -0.4 is 15.4 Å². The standard InChI is InChI=1S/C20H20ClN3O/c1-2-24-13-19(14-3-5-15(23)6-4-14)18(12-22)17-8-7-16(11-20(17)24)25-10-9-21/h3-8,11H,2,9-10,13,23H2,1H3. The first-order valence-corrected chi connectivity index (χ1v) is 8.78. The maximum atomic E-state index is 9.79. The number of likely N-dealkylation sites (N-methyl/N-ethyl adjacent to an activating group) is 1. The second kappa shape index (κ2) is 7.50. The maximum Gasteiger partial charge on any atom is 0.121 e. The van der Waals surface area contributed by atoms with Crippen LogP contribution in [-0.4, -0.2) is 25.6 Å². The van der Waals surface area contributed by atoms with Gasteiger partial charge in [0.15, 0.2) is 0 Å². The second-order valence-electron chi connectivity index (χ2n) is 5.82. The molecule has 0 radical (unpaired) electrons. The van der Waals surface area contributed by atoms with Crippen LogP contribution >= 0.6 is 11.6 Å². The number of alkyl halides is 1. The van der Waals surface area contributed by atoms with Crippen molar-refractivity contribution in [2.45, 2.75) is 6.92 Å². The predicted octanol–water partition coefficient (Wildman–Crippen LogP) is 4.16. The van der Waals surface area contributed by atoms with Crippen molar-refractivity contribution in [3.05, 3.63) is 53.6 Å². The highest BCUT2D eigenvalue weighted by Crippen LogP contribution is 2.40. The number of allylic oxidation sites excluding steroid dienone is 1. The van der Waals surface area contributed by atoms with Crippen molar-refractivity contribution in [3.63, 3.8) is 0 Å². The van der Waals surface area contributed by atoms with Gasteiger partial charge in [-0.3, -0.25) is 0 Å². The Hall–Kier alpha value is -2.64. The van der Waals surface area contributed by atoms with Gasteiger partial charge in [0.25, 0.3) is 0 Å². The lowest BCUT2D eigenvalue weighted by molar-refractivity contribution is 0.343. The molecule has 2 N–H and O–H groups in total. The summed E-state index contributed by atoms with van der Waals surface area (Å²) in [5.41, 5.74) is 11.2. The van der Waals surface area contributed by atoms with Gasteiger partial charge in [-0.2, -0.15) is 5.26 Å². The van der Waals surface area contributed by atoms with E-state index < -0.39 is 0 Å². The zero-order valence-electron chi connectivity index (χ0n) is 14.1. The molecule has 1 aliphatic heterocycles. The molecule has 1 aliphatic rings. The van der Waals surface area contributed by atoms with E-state index in [9.17, 15) is 5.26 Å². The van der Waals surface area contributed by atoms with Crippen LogP contribution in [0.2, 0.25) is 0 Å². The van der Waals surface area contributed by atoms with Gasteiger partial charge < -0.3 is 15.4 Å². The number of halogens is 1. The van der Waals surface area contributed by atoms with E-state index in [4.69, 9.17) is 22.1 Å². The summed E-state index contributed by atoms with van der Waals surface area (Å²) in [6.45, 7) is 4.08. The number of nitrogens with zero attached hydrogens (tertiary/aromatic N) is 2. The van der Waals surface area contributed by atoms with Gasteiger partial charge in [-0.25, -0.2) is 0 Å². The molecule has 3 rings (SSSR count). The maximum absolute atomic E-state index is 9.79. The van der Waals surface area contributed by atoms with Crippen molar-refractivity contribution in [2.75, 3.05) is 36.2 Å². The molecule has 1 heterocycles. The van der Waals surface area contributed by atoms with E-state index in [1.165, 1.54) is 0 Å². The topological polar surface area (TPSA) is 62.3 Å². The highest BCUT2D eigenvalue weighted by molar-refractivity contribution is 6.18. The van der Waals surface area contributed by atoms with Crippen LogP contribution in [0, 0.1) is 11.3 Å². The van der Waals surface area contributed by atoms with Crippen LogP contribution in [0.3, 0.4) is 0 Å². The summed E-state index contributed by atoms with van der Waals surface area (Å²) >= 11 is 5.70. The first kappa shape index (κ1) is 17.2. The third kappa shape index (κ3) is 3.42. The fourth-order valence-corrected chi connectivity index (χ4v) is 3.16. The van der Waals surface area contributed by atoms with Gasteiger partial charge in [-0.05, 0) is 42.3 Å². The van der Waals surface area contributed by atoms with Gasteiger partial charge in [-0.1, -0.05) is 12.1 Å². The van der Waals surface area contributed by atoms with Crippen LogP contribution in [-0.2, 0) is 0 Å². The third-order valence-corrected chi connectivity index (χ3v) is 4.48. The van der Waals surface area contributed by atoms with Crippen LogP contribution in [0.4, 0.5) is 11.4 Å². The van der Waals surface area contributed by atoms with Crippen LogP contribution in [0.25, 0.3) is 11.1 Å². The van der Waals surface area contributed by atoms with Crippen molar-refractivity contribution in [2.24, 2.45) is 0 Å². The van der Waals surface area contributed by atoms with Gasteiger partial charge in [0, 0.05) is 36.1 Å². The van der Waals surface area contributed by atoms with Crippen molar-refractivity contribution in [1.82, 2.24) is 0 Å². The Balaban J connectivity index is 2.10. The number of hydrogen-bond donors (Lipinski definition) is 1. The summed E-state index contributed by atoms with van der Waals surface area (Å²) in [7, 11) is 0. The molecule has 0 unspecified atom stereocenters.